The van der Waals surface area contributed by atoms with Crippen molar-refractivity contribution < 1.29 is 5.11 Å². The molecule has 0 saturated heterocycles. The summed E-state index contributed by atoms with van der Waals surface area (Å²) in [5.41, 5.74) is 1.17. The average Bonchev–Trinajstić information content (AvgIpc) is 2.34. The first-order chi connectivity index (χ1) is 8.56. The monoisotopic (exact) mass is 247 g/mol. The lowest BCUT2D eigenvalue weighted by Crippen LogP contribution is -2.40. The molecule has 1 aliphatic rings. The Morgan fingerprint density at radius 1 is 1.28 bits per heavy atom. The second-order valence-corrected chi connectivity index (χ2v) is 5.99. The van der Waals surface area contributed by atoms with Crippen LogP contribution in [0, 0.1) is 11.8 Å². The van der Waals surface area contributed by atoms with Gasteiger partial charge in [0, 0.05) is 12.1 Å². The summed E-state index contributed by atoms with van der Waals surface area (Å²) in [6.07, 6.45) is 3.95. The lowest BCUT2D eigenvalue weighted by molar-refractivity contribution is 0.216. The largest absolute Gasteiger partial charge is 0.508 e. The normalized spacial score (nSPS) is 30.1. The molecule has 0 spiro atoms. The molecule has 0 amide bonds. The molecule has 18 heavy (non-hydrogen) atoms. The summed E-state index contributed by atoms with van der Waals surface area (Å²) in [5.74, 6) is 1.93. The maximum Gasteiger partial charge on any atom is 0.115 e. The molecule has 0 heterocycles. The summed E-state index contributed by atoms with van der Waals surface area (Å²) in [7, 11) is 0. The van der Waals surface area contributed by atoms with Crippen molar-refractivity contribution in [3.8, 4) is 5.75 Å². The van der Waals surface area contributed by atoms with Crippen molar-refractivity contribution in [1.82, 2.24) is 5.32 Å². The van der Waals surface area contributed by atoms with Gasteiger partial charge >= 0.3 is 0 Å². The molecule has 0 aliphatic heterocycles. The molecule has 1 saturated carbocycles. The minimum atomic E-state index is 0.301. The third-order valence-corrected chi connectivity index (χ3v) is 4.29. The van der Waals surface area contributed by atoms with Gasteiger partial charge in [0.15, 0.2) is 0 Å². The topological polar surface area (TPSA) is 32.3 Å². The molecule has 1 aromatic rings. The number of phenolic OH excluding ortho intramolecular Hbond substituents is 1. The first-order valence-corrected chi connectivity index (χ1v) is 7.11. The van der Waals surface area contributed by atoms with Crippen LogP contribution in [0.4, 0.5) is 0 Å². The van der Waals surface area contributed by atoms with E-state index in [1.165, 1.54) is 24.8 Å². The van der Waals surface area contributed by atoms with Crippen molar-refractivity contribution in [2.24, 2.45) is 11.8 Å². The Morgan fingerprint density at radius 3 is 2.78 bits per heavy atom. The summed E-state index contributed by atoms with van der Waals surface area (Å²) < 4.78 is 0. The quantitative estimate of drug-likeness (QED) is 0.850. The number of rotatable bonds is 3. The van der Waals surface area contributed by atoms with Gasteiger partial charge in [-0.25, -0.2) is 0 Å². The Labute approximate surface area is 110 Å². The predicted molar refractivity (Wildman–Crippen MR) is 75.6 cm³/mol. The number of nitrogens with one attached hydrogen (secondary N) is 1. The Morgan fingerprint density at radius 2 is 2.06 bits per heavy atom. The van der Waals surface area contributed by atoms with Gasteiger partial charge in [0.05, 0.1) is 0 Å². The first kappa shape index (κ1) is 13.4. The molecule has 1 aliphatic carbocycles. The molecule has 2 rings (SSSR count). The van der Waals surface area contributed by atoms with E-state index in [4.69, 9.17) is 0 Å². The first-order valence-electron chi connectivity index (χ1n) is 7.11. The number of hydrogen-bond donors (Lipinski definition) is 2. The Bertz CT molecular complexity index is 390. The predicted octanol–water partition coefficient (Wildman–Crippen LogP) is 3.87. The molecule has 4 unspecified atom stereocenters. The average molecular weight is 247 g/mol. The third-order valence-electron chi connectivity index (χ3n) is 4.29. The van der Waals surface area contributed by atoms with Crippen LogP contribution in [-0.2, 0) is 0 Å². The van der Waals surface area contributed by atoms with Crippen molar-refractivity contribution in [2.45, 2.75) is 52.1 Å². The minimum Gasteiger partial charge on any atom is -0.508 e. The summed E-state index contributed by atoms with van der Waals surface area (Å²) in [6, 6.07) is 8.47. The molecule has 4 atom stereocenters. The zero-order chi connectivity index (χ0) is 13.1. The van der Waals surface area contributed by atoms with Crippen LogP contribution in [0.1, 0.15) is 51.6 Å². The van der Waals surface area contributed by atoms with Crippen molar-refractivity contribution in [3.05, 3.63) is 29.8 Å². The van der Waals surface area contributed by atoms with Crippen molar-refractivity contribution in [1.29, 1.82) is 0 Å². The highest BCUT2D eigenvalue weighted by Crippen LogP contribution is 2.30. The summed E-state index contributed by atoms with van der Waals surface area (Å²) in [6.45, 7) is 6.87. The van der Waals surface area contributed by atoms with E-state index >= 15 is 0 Å². The van der Waals surface area contributed by atoms with Gasteiger partial charge in [-0.3, -0.25) is 0 Å². The van der Waals surface area contributed by atoms with Crippen LogP contribution in [0.5, 0.6) is 5.75 Å². The number of phenols is 1. The van der Waals surface area contributed by atoms with Gasteiger partial charge in [0.2, 0.25) is 0 Å². The molecule has 2 nitrogen and oxygen atoms in total. The van der Waals surface area contributed by atoms with Crippen LogP contribution in [-0.4, -0.2) is 11.1 Å². The van der Waals surface area contributed by atoms with Gasteiger partial charge in [0.25, 0.3) is 0 Å². The number of hydrogen-bond acceptors (Lipinski definition) is 2. The molecule has 0 bridgehead atoms. The van der Waals surface area contributed by atoms with Crippen molar-refractivity contribution in [2.75, 3.05) is 0 Å². The van der Waals surface area contributed by atoms with Gasteiger partial charge < -0.3 is 10.4 Å². The van der Waals surface area contributed by atoms with E-state index in [-0.39, 0.29) is 0 Å². The standard InChI is InChI=1S/C16H25NO/c1-11-7-8-12(2)16(9-11)17-13(3)14-5-4-6-15(18)10-14/h4-6,10-13,16-18H,7-9H2,1-3H3. The van der Waals surface area contributed by atoms with Crippen molar-refractivity contribution >= 4 is 0 Å². The zero-order valence-corrected chi connectivity index (χ0v) is 11.7. The van der Waals surface area contributed by atoms with Crippen LogP contribution in [0.25, 0.3) is 0 Å². The molecule has 100 valence electrons. The van der Waals surface area contributed by atoms with Crippen molar-refractivity contribution in [3.63, 3.8) is 0 Å². The van der Waals surface area contributed by atoms with Crippen LogP contribution >= 0.6 is 0 Å². The second-order valence-electron chi connectivity index (χ2n) is 5.99. The Balaban J connectivity index is 2.00. The van der Waals surface area contributed by atoms with Crippen LogP contribution < -0.4 is 5.32 Å². The lowest BCUT2D eigenvalue weighted by Gasteiger charge is -2.35. The van der Waals surface area contributed by atoms with Crippen LogP contribution in [0.15, 0.2) is 24.3 Å². The molecule has 2 N–H and O–H groups in total. The van der Waals surface area contributed by atoms with Gasteiger partial charge in [-0.15, -0.1) is 0 Å². The summed E-state index contributed by atoms with van der Waals surface area (Å²) >= 11 is 0. The minimum absolute atomic E-state index is 0.301. The van der Waals surface area contributed by atoms with Crippen LogP contribution in [0.3, 0.4) is 0 Å². The zero-order valence-electron chi connectivity index (χ0n) is 11.7. The van der Waals surface area contributed by atoms with Crippen LogP contribution in [0.2, 0.25) is 0 Å². The van der Waals surface area contributed by atoms with Gasteiger partial charge in [-0.1, -0.05) is 32.4 Å². The highest BCUT2D eigenvalue weighted by atomic mass is 16.3. The molecule has 1 fully saturated rings. The summed E-state index contributed by atoms with van der Waals surface area (Å²) in [5, 5.41) is 13.3. The van der Waals surface area contributed by atoms with Gasteiger partial charge in [-0.05, 0) is 49.3 Å². The molecular formula is C16H25NO. The fourth-order valence-electron chi connectivity index (χ4n) is 2.98. The highest BCUT2D eigenvalue weighted by Gasteiger charge is 2.26. The maximum absolute atomic E-state index is 9.53. The molecule has 2 heteroatoms. The number of benzene rings is 1. The van der Waals surface area contributed by atoms with E-state index < -0.39 is 0 Å². The van der Waals surface area contributed by atoms with E-state index in [1.807, 2.05) is 12.1 Å². The van der Waals surface area contributed by atoms with E-state index in [9.17, 15) is 5.11 Å². The fraction of sp³-hybridized carbons (Fsp3) is 0.625. The second kappa shape index (κ2) is 5.75. The fourth-order valence-corrected chi connectivity index (χ4v) is 2.98. The molecule has 0 radical (unpaired) electrons. The Hall–Kier alpha value is -1.02. The SMILES string of the molecule is CC1CCC(C)C(NC(C)c2cccc(O)c2)C1. The van der Waals surface area contributed by atoms with Gasteiger partial charge in [0.1, 0.15) is 5.75 Å². The van der Waals surface area contributed by atoms with Gasteiger partial charge in [-0.2, -0.15) is 0 Å². The Kier molecular flexibility index (Phi) is 4.28. The smallest absolute Gasteiger partial charge is 0.115 e. The van der Waals surface area contributed by atoms with E-state index in [1.54, 1.807) is 6.07 Å². The maximum atomic E-state index is 9.53. The third kappa shape index (κ3) is 3.26. The number of aromatic hydroxyl groups is 1. The van der Waals surface area contributed by atoms with E-state index in [0.717, 1.165) is 11.8 Å². The molecule has 0 aromatic heterocycles. The van der Waals surface area contributed by atoms with E-state index in [2.05, 4.69) is 32.2 Å². The summed E-state index contributed by atoms with van der Waals surface area (Å²) in [4.78, 5) is 0. The molecule has 1 aromatic carbocycles. The lowest BCUT2D eigenvalue weighted by atomic mass is 9.79. The highest BCUT2D eigenvalue weighted by molar-refractivity contribution is 5.29. The van der Waals surface area contributed by atoms with E-state index in [0.29, 0.717) is 17.8 Å². The molecular weight excluding hydrogens is 222 g/mol.